The zero-order valence-electron chi connectivity index (χ0n) is 12.0. The monoisotopic (exact) mass is 265 g/mol. The van der Waals surface area contributed by atoms with Crippen LogP contribution >= 0.6 is 0 Å². The Bertz CT molecular complexity index is 452. The molecule has 5 nitrogen and oxygen atoms in total. The maximum Gasteiger partial charge on any atom is 0.257 e. The Morgan fingerprint density at radius 3 is 2.74 bits per heavy atom. The van der Waals surface area contributed by atoms with Crippen molar-refractivity contribution in [3.05, 3.63) is 17.5 Å². The van der Waals surface area contributed by atoms with Crippen molar-refractivity contribution in [1.29, 1.82) is 0 Å². The molecule has 0 saturated carbocycles. The van der Waals surface area contributed by atoms with Crippen molar-refractivity contribution in [2.24, 2.45) is 0 Å². The minimum Gasteiger partial charge on any atom is -0.391 e. The number of aromatic nitrogens is 2. The third kappa shape index (κ3) is 2.66. The number of aliphatic hydroxyl groups excluding tert-OH is 1. The van der Waals surface area contributed by atoms with Crippen LogP contribution < -0.4 is 0 Å². The quantitative estimate of drug-likeness (QED) is 0.902. The van der Waals surface area contributed by atoms with E-state index in [9.17, 15) is 9.90 Å². The lowest BCUT2D eigenvalue weighted by molar-refractivity contribution is 0.0764. The van der Waals surface area contributed by atoms with E-state index in [1.807, 2.05) is 11.6 Å². The number of likely N-dealkylation sites (tertiary alicyclic amines) is 1. The van der Waals surface area contributed by atoms with E-state index in [1.165, 1.54) is 0 Å². The maximum atomic E-state index is 12.4. The van der Waals surface area contributed by atoms with Crippen LogP contribution in [0.3, 0.4) is 0 Å². The molecule has 1 aromatic rings. The van der Waals surface area contributed by atoms with E-state index in [0.29, 0.717) is 31.1 Å². The van der Waals surface area contributed by atoms with Gasteiger partial charge in [-0.05, 0) is 26.2 Å². The normalized spacial score (nSPS) is 19.4. The predicted octanol–water partition coefficient (Wildman–Crippen LogP) is 1.76. The lowest BCUT2D eigenvalue weighted by Gasteiger charge is -2.17. The van der Waals surface area contributed by atoms with Gasteiger partial charge in [-0.1, -0.05) is 13.8 Å². The van der Waals surface area contributed by atoms with Gasteiger partial charge in [0.25, 0.3) is 5.91 Å². The van der Waals surface area contributed by atoms with Crippen LogP contribution in [0.15, 0.2) is 6.20 Å². The number of aliphatic hydroxyl groups is 1. The van der Waals surface area contributed by atoms with Crippen molar-refractivity contribution in [1.82, 2.24) is 14.7 Å². The second-order valence-corrected chi connectivity index (χ2v) is 5.25. The molecule has 1 atom stereocenters. The number of carbonyl (C=O) groups is 1. The van der Waals surface area contributed by atoms with E-state index < -0.39 is 0 Å². The molecule has 2 rings (SSSR count). The van der Waals surface area contributed by atoms with Crippen LogP contribution in [0, 0.1) is 6.92 Å². The summed E-state index contributed by atoms with van der Waals surface area (Å²) in [6.45, 7) is 7.29. The van der Waals surface area contributed by atoms with E-state index in [1.54, 1.807) is 11.1 Å². The molecule has 0 aliphatic carbocycles. The molecule has 2 heterocycles. The lowest BCUT2D eigenvalue weighted by Crippen LogP contribution is -2.30. The van der Waals surface area contributed by atoms with E-state index in [2.05, 4.69) is 18.9 Å². The number of hydrogen-bond donors (Lipinski definition) is 1. The smallest absolute Gasteiger partial charge is 0.257 e. The van der Waals surface area contributed by atoms with Crippen LogP contribution in [0.2, 0.25) is 0 Å². The molecule has 0 spiro atoms. The van der Waals surface area contributed by atoms with Gasteiger partial charge in [0, 0.05) is 18.8 Å². The van der Waals surface area contributed by atoms with E-state index in [-0.39, 0.29) is 12.0 Å². The first-order valence-electron chi connectivity index (χ1n) is 7.09. The number of β-amino-alcohol motifs (C(OH)–C–C–N with tert-alkyl or cyclic N) is 1. The van der Waals surface area contributed by atoms with Crippen molar-refractivity contribution in [3.8, 4) is 0 Å². The minimum absolute atomic E-state index is 0.00810. The van der Waals surface area contributed by atoms with Crippen molar-refractivity contribution >= 4 is 5.91 Å². The molecule has 0 radical (unpaired) electrons. The third-order valence-corrected chi connectivity index (χ3v) is 4.01. The highest BCUT2D eigenvalue weighted by Gasteiger charge is 2.28. The highest BCUT2D eigenvalue weighted by atomic mass is 16.3. The Balaban J connectivity index is 2.19. The Morgan fingerprint density at radius 2 is 2.21 bits per heavy atom. The zero-order chi connectivity index (χ0) is 14.0. The molecular formula is C14H23N3O2. The summed E-state index contributed by atoms with van der Waals surface area (Å²) in [6.07, 6.45) is 3.98. The van der Waals surface area contributed by atoms with Crippen molar-refractivity contribution in [3.63, 3.8) is 0 Å². The molecule has 0 unspecified atom stereocenters. The van der Waals surface area contributed by atoms with Gasteiger partial charge in [0.15, 0.2) is 0 Å². The first-order valence-corrected chi connectivity index (χ1v) is 7.09. The van der Waals surface area contributed by atoms with Crippen molar-refractivity contribution in [2.45, 2.75) is 52.2 Å². The summed E-state index contributed by atoms with van der Waals surface area (Å²) >= 11 is 0. The molecule has 1 aliphatic heterocycles. The molecule has 1 saturated heterocycles. The predicted molar refractivity (Wildman–Crippen MR) is 73.1 cm³/mol. The molecule has 0 bridgehead atoms. The second-order valence-electron chi connectivity index (χ2n) is 5.25. The molecule has 1 aromatic heterocycles. The van der Waals surface area contributed by atoms with Gasteiger partial charge < -0.3 is 10.0 Å². The highest BCUT2D eigenvalue weighted by molar-refractivity contribution is 5.95. The molecule has 1 amide bonds. The molecule has 5 heteroatoms. The SMILES string of the molecule is CCC(CC)n1ncc(C(=O)N2CC[C@H](O)C2)c1C. The molecule has 0 aromatic carbocycles. The fourth-order valence-electron chi connectivity index (χ4n) is 2.73. The van der Waals surface area contributed by atoms with Crippen molar-refractivity contribution in [2.75, 3.05) is 13.1 Å². The van der Waals surface area contributed by atoms with Gasteiger partial charge in [-0.15, -0.1) is 0 Å². The van der Waals surface area contributed by atoms with Crippen molar-refractivity contribution < 1.29 is 9.90 Å². The first-order chi connectivity index (χ1) is 9.08. The van der Waals surface area contributed by atoms with Crippen LogP contribution in [-0.4, -0.2) is 44.9 Å². The number of nitrogens with zero attached hydrogens (tertiary/aromatic N) is 3. The standard InChI is InChI=1S/C14H23N3O2/c1-4-11(5-2)17-10(3)13(8-15-17)14(19)16-7-6-12(18)9-16/h8,11-12,18H,4-7,9H2,1-3H3/t12-/m0/s1. The van der Waals surface area contributed by atoms with E-state index in [0.717, 1.165) is 18.5 Å². The molecule has 106 valence electrons. The Hall–Kier alpha value is -1.36. The zero-order valence-corrected chi connectivity index (χ0v) is 12.0. The largest absolute Gasteiger partial charge is 0.391 e. The summed E-state index contributed by atoms with van der Waals surface area (Å²) in [5, 5.41) is 13.9. The van der Waals surface area contributed by atoms with E-state index >= 15 is 0 Å². The van der Waals surface area contributed by atoms with Gasteiger partial charge in [0.2, 0.25) is 0 Å². The summed E-state index contributed by atoms with van der Waals surface area (Å²) < 4.78 is 1.96. The summed E-state index contributed by atoms with van der Waals surface area (Å²) in [6, 6.07) is 0.353. The Labute approximate surface area is 114 Å². The minimum atomic E-state index is -0.377. The molecule has 1 fully saturated rings. The summed E-state index contributed by atoms with van der Waals surface area (Å²) in [5.41, 5.74) is 1.60. The number of carbonyl (C=O) groups excluding carboxylic acids is 1. The van der Waals surface area contributed by atoms with Gasteiger partial charge in [0.1, 0.15) is 0 Å². The van der Waals surface area contributed by atoms with Crippen LogP contribution in [0.25, 0.3) is 0 Å². The van der Waals surface area contributed by atoms with Gasteiger partial charge in [0.05, 0.1) is 23.9 Å². The molecule has 19 heavy (non-hydrogen) atoms. The lowest BCUT2D eigenvalue weighted by atomic mass is 10.1. The average Bonchev–Trinajstić information content (AvgIpc) is 2.98. The Morgan fingerprint density at radius 1 is 1.53 bits per heavy atom. The van der Waals surface area contributed by atoms with Gasteiger partial charge in [-0.2, -0.15) is 5.10 Å². The summed E-state index contributed by atoms with van der Waals surface area (Å²) in [7, 11) is 0. The van der Waals surface area contributed by atoms with Crippen LogP contribution in [0.5, 0.6) is 0 Å². The maximum absolute atomic E-state index is 12.4. The summed E-state index contributed by atoms with van der Waals surface area (Å²) in [4.78, 5) is 14.1. The molecule has 1 aliphatic rings. The summed E-state index contributed by atoms with van der Waals surface area (Å²) in [5.74, 6) is -0.00810. The highest BCUT2D eigenvalue weighted by Crippen LogP contribution is 2.21. The first kappa shape index (κ1) is 14.1. The van der Waals surface area contributed by atoms with Gasteiger partial charge in [-0.3, -0.25) is 9.48 Å². The fourth-order valence-corrected chi connectivity index (χ4v) is 2.73. The third-order valence-electron chi connectivity index (χ3n) is 4.01. The van der Waals surface area contributed by atoms with Gasteiger partial charge in [-0.25, -0.2) is 0 Å². The molecule has 1 N–H and O–H groups in total. The Kier molecular flexibility index (Phi) is 4.24. The molecular weight excluding hydrogens is 242 g/mol. The van der Waals surface area contributed by atoms with Gasteiger partial charge >= 0.3 is 0 Å². The number of rotatable bonds is 4. The topological polar surface area (TPSA) is 58.4 Å². The number of amides is 1. The fraction of sp³-hybridized carbons (Fsp3) is 0.714. The van der Waals surface area contributed by atoms with Crippen LogP contribution in [0.1, 0.15) is 55.2 Å². The van der Waals surface area contributed by atoms with Crippen LogP contribution in [0.4, 0.5) is 0 Å². The van der Waals surface area contributed by atoms with E-state index in [4.69, 9.17) is 0 Å². The average molecular weight is 265 g/mol. The second kappa shape index (κ2) is 5.74. The van der Waals surface area contributed by atoms with Crippen LogP contribution in [-0.2, 0) is 0 Å². The number of hydrogen-bond acceptors (Lipinski definition) is 3.